The zero-order valence-corrected chi connectivity index (χ0v) is 15.1. The molecule has 0 bridgehead atoms. The van der Waals surface area contributed by atoms with Crippen molar-refractivity contribution >= 4 is 15.9 Å². The first kappa shape index (κ1) is 18.7. The van der Waals surface area contributed by atoms with Crippen LogP contribution in [0.5, 0.6) is 5.75 Å². The molecule has 1 heterocycles. The van der Waals surface area contributed by atoms with Crippen molar-refractivity contribution in [2.24, 2.45) is 5.92 Å². The Hall–Kier alpha value is -1.60. The molecule has 0 unspecified atom stereocenters. The van der Waals surface area contributed by atoms with E-state index < -0.39 is 10.0 Å². The zero-order chi connectivity index (χ0) is 17.6. The van der Waals surface area contributed by atoms with Crippen LogP contribution in [0.2, 0.25) is 0 Å². The molecule has 0 aromatic heterocycles. The monoisotopic (exact) mass is 354 g/mol. The summed E-state index contributed by atoms with van der Waals surface area (Å²) in [6, 6.07) is 6.25. The molecule has 0 spiro atoms. The third-order valence-electron chi connectivity index (χ3n) is 4.15. The summed E-state index contributed by atoms with van der Waals surface area (Å²) < 4.78 is 32.1. The van der Waals surface area contributed by atoms with Crippen LogP contribution in [0.4, 0.5) is 0 Å². The Morgan fingerprint density at radius 1 is 1.25 bits per heavy atom. The molecule has 24 heavy (non-hydrogen) atoms. The van der Waals surface area contributed by atoms with Crippen molar-refractivity contribution in [3.63, 3.8) is 0 Å². The quantitative estimate of drug-likeness (QED) is 0.813. The molecule has 0 radical (unpaired) electrons. The van der Waals surface area contributed by atoms with Gasteiger partial charge in [-0.3, -0.25) is 4.79 Å². The Morgan fingerprint density at radius 3 is 2.46 bits per heavy atom. The van der Waals surface area contributed by atoms with Gasteiger partial charge in [0.1, 0.15) is 5.75 Å². The lowest BCUT2D eigenvalue weighted by atomic mass is 10.0. The maximum Gasteiger partial charge on any atom is 0.257 e. The zero-order valence-electron chi connectivity index (χ0n) is 14.3. The van der Waals surface area contributed by atoms with Gasteiger partial charge in [0, 0.05) is 19.6 Å². The van der Waals surface area contributed by atoms with E-state index in [2.05, 4.69) is 12.2 Å². The number of amides is 1. The van der Waals surface area contributed by atoms with Gasteiger partial charge in [-0.25, -0.2) is 8.42 Å². The van der Waals surface area contributed by atoms with Gasteiger partial charge in [-0.05, 0) is 49.4 Å². The molecule has 134 valence electrons. The second-order valence-corrected chi connectivity index (χ2v) is 8.13. The average Bonchev–Trinajstić information content (AvgIpc) is 2.59. The Kier molecular flexibility index (Phi) is 6.62. The van der Waals surface area contributed by atoms with E-state index in [0.29, 0.717) is 31.3 Å². The number of carbonyl (C=O) groups is 1. The molecule has 1 aromatic rings. The van der Waals surface area contributed by atoms with Crippen LogP contribution in [0.1, 0.15) is 33.1 Å². The van der Waals surface area contributed by atoms with Crippen LogP contribution >= 0.6 is 0 Å². The molecule has 0 atom stereocenters. The van der Waals surface area contributed by atoms with Gasteiger partial charge in [0.25, 0.3) is 5.91 Å². The first-order valence-electron chi connectivity index (χ1n) is 8.43. The summed E-state index contributed by atoms with van der Waals surface area (Å²) in [5.74, 6) is 0.870. The summed E-state index contributed by atoms with van der Waals surface area (Å²) in [7, 11) is -3.45. The molecule has 1 aliphatic rings. The van der Waals surface area contributed by atoms with E-state index in [1.165, 1.54) is 12.1 Å². The van der Waals surface area contributed by atoms with Crippen LogP contribution in [-0.4, -0.2) is 44.9 Å². The van der Waals surface area contributed by atoms with Gasteiger partial charge in [0.15, 0.2) is 6.61 Å². The number of piperidine rings is 1. The summed E-state index contributed by atoms with van der Waals surface area (Å²) in [5, 5.41) is 2.72. The first-order chi connectivity index (χ1) is 11.4. The lowest BCUT2D eigenvalue weighted by Gasteiger charge is -2.29. The Labute approximate surface area is 144 Å². The van der Waals surface area contributed by atoms with Gasteiger partial charge in [-0.2, -0.15) is 4.31 Å². The van der Waals surface area contributed by atoms with Gasteiger partial charge in [0.05, 0.1) is 4.90 Å². The minimum atomic E-state index is -3.45. The molecule has 6 nitrogen and oxygen atoms in total. The largest absolute Gasteiger partial charge is 0.484 e. The van der Waals surface area contributed by atoms with Crippen molar-refractivity contribution in [1.29, 1.82) is 0 Å². The SMILES string of the molecule is CCCNC(=O)COc1ccc(S(=O)(=O)N2CCC(C)CC2)cc1. The molecule has 7 heteroatoms. The second-order valence-electron chi connectivity index (χ2n) is 6.20. The van der Waals surface area contributed by atoms with E-state index in [1.807, 2.05) is 6.92 Å². The van der Waals surface area contributed by atoms with Crippen LogP contribution in [-0.2, 0) is 14.8 Å². The van der Waals surface area contributed by atoms with E-state index in [1.54, 1.807) is 16.4 Å². The third kappa shape index (κ3) is 4.95. The first-order valence-corrected chi connectivity index (χ1v) is 9.87. The molecule has 2 rings (SSSR count). The highest BCUT2D eigenvalue weighted by Crippen LogP contribution is 2.24. The second kappa shape index (κ2) is 8.48. The predicted octanol–water partition coefficient (Wildman–Crippen LogP) is 2.01. The summed E-state index contributed by atoms with van der Waals surface area (Å²) in [5.41, 5.74) is 0. The van der Waals surface area contributed by atoms with Crippen LogP contribution < -0.4 is 10.1 Å². The van der Waals surface area contributed by atoms with Gasteiger partial charge >= 0.3 is 0 Å². The van der Waals surface area contributed by atoms with Crippen LogP contribution in [0.25, 0.3) is 0 Å². The summed E-state index contributed by atoms with van der Waals surface area (Å²) >= 11 is 0. The maximum absolute atomic E-state index is 12.6. The topological polar surface area (TPSA) is 75.7 Å². The minimum absolute atomic E-state index is 0.0733. The number of benzene rings is 1. The van der Waals surface area contributed by atoms with Gasteiger partial charge in [-0.15, -0.1) is 0 Å². The molecule has 1 aromatic carbocycles. The van der Waals surface area contributed by atoms with Crippen molar-refractivity contribution in [2.75, 3.05) is 26.2 Å². The van der Waals surface area contributed by atoms with Crippen LogP contribution in [0.15, 0.2) is 29.2 Å². The van der Waals surface area contributed by atoms with Gasteiger partial charge < -0.3 is 10.1 Å². The average molecular weight is 354 g/mol. The molecule has 1 amide bonds. The number of sulfonamides is 1. The van der Waals surface area contributed by atoms with Crippen molar-refractivity contribution in [1.82, 2.24) is 9.62 Å². The lowest BCUT2D eigenvalue weighted by molar-refractivity contribution is -0.123. The van der Waals surface area contributed by atoms with Crippen molar-refractivity contribution in [3.05, 3.63) is 24.3 Å². The van der Waals surface area contributed by atoms with E-state index in [0.717, 1.165) is 19.3 Å². The molecule has 1 N–H and O–H groups in total. The fourth-order valence-electron chi connectivity index (χ4n) is 2.55. The molecule has 0 saturated carbocycles. The molecular weight excluding hydrogens is 328 g/mol. The predicted molar refractivity (Wildman–Crippen MR) is 92.4 cm³/mol. The molecular formula is C17H26N2O4S. The fourth-order valence-corrected chi connectivity index (χ4v) is 4.02. The number of rotatable bonds is 7. The number of ether oxygens (including phenoxy) is 1. The highest BCUT2D eigenvalue weighted by Gasteiger charge is 2.27. The number of hydrogen-bond donors (Lipinski definition) is 1. The Balaban J connectivity index is 1.94. The van der Waals surface area contributed by atoms with Crippen molar-refractivity contribution < 1.29 is 17.9 Å². The standard InChI is InChI=1S/C17H26N2O4S/c1-3-10-18-17(20)13-23-15-4-6-16(7-5-15)24(21,22)19-11-8-14(2)9-12-19/h4-7,14H,3,8-13H2,1-2H3,(H,18,20). The smallest absolute Gasteiger partial charge is 0.257 e. The van der Waals surface area contributed by atoms with Crippen molar-refractivity contribution in [3.8, 4) is 5.75 Å². The maximum atomic E-state index is 12.6. The van der Waals surface area contributed by atoms with E-state index >= 15 is 0 Å². The van der Waals surface area contributed by atoms with E-state index in [9.17, 15) is 13.2 Å². The third-order valence-corrected chi connectivity index (χ3v) is 6.06. The van der Waals surface area contributed by atoms with Crippen LogP contribution in [0, 0.1) is 5.92 Å². The summed E-state index contributed by atoms with van der Waals surface area (Å²) in [6.07, 6.45) is 2.66. The molecule has 1 saturated heterocycles. The van der Waals surface area contributed by atoms with Gasteiger partial charge in [0.2, 0.25) is 10.0 Å². The van der Waals surface area contributed by atoms with Crippen molar-refractivity contribution in [2.45, 2.75) is 38.0 Å². The lowest BCUT2D eigenvalue weighted by Crippen LogP contribution is -2.37. The van der Waals surface area contributed by atoms with Crippen LogP contribution in [0.3, 0.4) is 0 Å². The highest BCUT2D eigenvalue weighted by molar-refractivity contribution is 7.89. The molecule has 0 aliphatic carbocycles. The van der Waals surface area contributed by atoms with E-state index in [4.69, 9.17) is 4.74 Å². The van der Waals surface area contributed by atoms with Gasteiger partial charge in [-0.1, -0.05) is 13.8 Å². The highest BCUT2D eigenvalue weighted by atomic mass is 32.2. The fraction of sp³-hybridized carbons (Fsp3) is 0.588. The van der Waals surface area contributed by atoms with E-state index in [-0.39, 0.29) is 17.4 Å². The number of nitrogens with one attached hydrogen (secondary N) is 1. The number of nitrogens with zero attached hydrogens (tertiary/aromatic N) is 1. The number of carbonyl (C=O) groups excluding carboxylic acids is 1. The normalized spacial score (nSPS) is 16.8. The summed E-state index contributed by atoms with van der Waals surface area (Å²) in [6.45, 7) is 5.80. The molecule has 1 fully saturated rings. The summed E-state index contributed by atoms with van der Waals surface area (Å²) in [4.78, 5) is 11.8. The Bertz CT molecular complexity index is 635. The number of hydrogen-bond acceptors (Lipinski definition) is 4. The molecule has 1 aliphatic heterocycles. The Morgan fingerprint density at radius 2 is 1.88 bits per heavy atom. The minimum Gasteiger partial charge on any atom is -0.484 e.